The lowest BCUT2D eigenvalue weighted by molar-refractivity contribution is 0.180. The van der Waals surface area contributed by atoms with E-state index in [1.807, 2.05) is 18.2 Å². The number of oxazole rings is 1. The minimum absolute atomic E-state index is 0.104. The van der Waals surface area contributed by atoms with Crippen LogP contribution in [0, 0.1) is 0 Å². The Kier molecular flexibility index (Phi) is 3.80. The van der Waals surface area contributed by atoms with Gasteiger partial charge in [-0.15, -0.1) is 0 Å². The minimum atomic E-state index is -0.438. The molecule has 6 nitrogen and oxygen atoms in total. The highest BCUT2D eigenvalue weighted by atomic mass is 16.5. The number of hydrogen-bond donors (Lipinski definition) is 2. The van der Waals surface area contributed by atoms with E-state index in [4.69, 9.17) is 9.15 Å². The number of pyridine rings is 1. The summed E-state index contributed by atoms with van der Waals surface area (Å²) in [4.78, 5) is 20.1. The summed E-state index contributed by atoms with van der Waals surface area (Å²) in [5.41, 5.74) is 4.92. The summed E-state index contributed by atoms with van der Waals surface area (Å²) in [7, 11) is 1.57. The van der Waals surface area contributed by atoms with E-state index in [0.29, 0.717) is 33.7 Å². The highest BCUT2D eigenvalue weighted by Gasteiger charge is 2.21. The molecule has 1 aliphatic rings. The summed E-state index contributed by atoms with van der Waals surface area (Å²) in [5, 5.41) is 10.7. The standard InChI is InChI=1S/C22H18N2O4/c1-27-21-9-18-15(7-16(21)22-10-23-11-28-22)20(26)8-17(24-18)13-3-2-12-4-5-19(25)14(12)6-13/h2-3,6-11,19,25H,4-5H2,1H3,(H,24,26). The number of nitrogens with zero attached hydrogens (tertiary/aromatic N) is 1. The van der Waals surface area contributed by atoms with Crippen LogP contribution in [0.15, 0.2) is 58.2 Å². The number of rotatable bonds is 3. The molecule has 2 heterocycles. The highest BCUT2D eigenvalue weighted by Crippen LogP contribution is 2.35. The molecule has 1 aliphatic carbocycles. The molecule has 0 aliphatic heterocycles. The van der Waals surface area contributed by atoms with E-state index in [9.17, 15) is 9.90 Å². The molecule has 0 radical (unpaired) electrons. The van der Waals surface area contributed by atoms with E-state index in [-0.39, 0.29) is 5.43 Å². The van der Waals surface area contributed by atoms with Gasteiger partial charge in [-0.1, -0.05) is 12.1 Å². The molecular weight excluding hydrogens is 356 g/mol. The summed E-state index contributed by atoms with van der Waals surface area (Å²) < 4.78 is 10.9. The second-order valence-electron chi connectivity index (χ2n) is 6.98. The van der Waals surface area contributed by atoms with Crippen molar-refractivity contribution in [1.29, 1.82) is 0 Å². The summed E-state index contributed by atoms with van der Waals surface area (Å²) in [6.07, 6.45) is 4.12. The Labute approximate surface area is 160 Å². The van der Waals surface area contributed by atoms with Crippen molar-refractivity contribution in [1.82, 2.24) is 9.97 Å². The topological polar surface area (TPSA) is 88.4 Å². The van der Waals surface area contributed by atoms with Crippen LogP contribution in [0.5, 0.6) is 5.75 Å². The Morgan fingerprint density at radius 3 is 2.93 bits per heavy atom. The number of hydrogen-bond acceptors (Lipinski definition) is 5. The number of aryl methyl sites for hydroxylation is 1. The van der Waals surface area contributed by atoms with Crippen molar-refractivity contribution in [2.45, 2.75) is 18.9 Å². The van der Waals surface area contributed by atoms with Gasteiger partial charge >= 0.3 is 0 Å². The molecule has 0 fully saturated rings. The van der Waals surface area contributed by atoms with Gasteiger partial charge in [0.1, 0.15) is 5.75 Å². The van der Waals surface area contributed by atoms with E-state index in [0.717, 1.165) is 29.5 Å². The number of aromatic amines is 1. The fraction of sp³-hybridized carbons (Fsp3) is 0.182. The van der Waals surface area contributed by atoms with Crippen molar-refractivity contribution in [2.75, 3.05) is 7.11 Å². The molecule has 0 saturated carbocycles. The average Bonchev–Trinajstić information content (AvgIpc) is 3.37. The van der Waals surface area contributed by atoms with Crippen LogP contribution >= 0.6 is 0 Å². The third-order valence-corrected chi connectivity index (χ3v) is 5.35. The third kappa shape index (κ3) is 2.61. The van der Waals surface area contributed by atoms with Gasteiger partial charge in [0.05, 0.1) is 30.5 Å². The van der Waals surface area contributed by atoms with Gasteiger partial charge in [0.2, 0.25) is 0 Å². The summed E-state index contributed by atoms with van der Waals surface area (Å²) in [6, 6.07) is 11.1. The molecule has 1 unspecified atom stereocenters. The first-order chi connectivity index (χ1) is 13.6. The fourth-order valence-electron chi connectivity index (χ4n) is 3.89. The molecule has 0 saturated heterocycles. The molecule has 4 aromatic rings. The van der Waals surface area contributed by atoms with E-state index >= 15 is 0 Å². The van der Waals surface area contributed by atoms with Gasteiger partial charge in [0, 0.05) is 23.2 Å². The normalized spacial score (nSPS) is 15.7. The second kappa shape index (κ2) is 6.35. The molecule has 2 N–H and O–H groups in total. The monoisotopic (exact) mass is 374 g/mol. The zero-order chi connectivity index (χ0) is 19.3. The number of aliphatic hydroxyl groups excluding tert-OH is 1. The van der Waals surface area contributed by atoms with Crippen LogP contribution in [0.4, 0.5) is 0 Å². The van der Waals surface area contributed by atoms with Crippen molar-refractivity contribution in [3.8, 4) is 28.3 Å². The van der Waals surface area contributed by atoms with Crippen molar-refractivity contribution in [2.24, 2.45) is 0 Å². The van der Waals surface area contributed by atoms with Gasteiger partial charge in [0.15, 0.2) is 17.6 Å². The van der Waals surface area contributed by atoms with Gasteiger partial charge < -0.3 is 19.2 Å². The number of aromatic nitrogens is 2. The van der Waals surface area contributed by atoms with Crippen molar-refractivity contribution < 1.29 is 14.3 Å². The maximum atomic E-state index is 12.8. The zero-order valence-corrected chi connectivity index (χ0v) is 15.2. The Hall–Kier alpha value is -3.38. The molecule has 5 rings (SSSR count). The molecule has 0 amide bonds. The number of fused-ring (bicyclic) bond motifs is 2. The molecule has 2 aromatic carbocycles. The van der Waals surface area contributed by atoms with Crippen LogP contribution in [0.2, 0.25) is 0 Å². The molecule has 140 valence electrons. The summed E-state index contributed by atoms with van der Waals surface area (Å²) in [6.45, 7) is 0. The maximum absolute atomic E-state index is 12.8. The summed E-state index contributed by atoms with van der Waals surface area (Å²) in [5.74, 6) is 1.12. The van der Waals surface area contributed by atoms with Gasteiger partial charge in [-0.3, -0.25) is 4.79 Å². The van der Waals surface area contributed by atoms with Crippen molar-refractivity contribution in [3.05, 3.63) is 70.3 Å². The third-order valence-electron chi connectivity index (χ3n) is 5.35. The van der Waals surface area contributed by atoms with Gasteiger partial charge in [-0.25, -0.2) is 4.98 Å². The molecule has 28 heavy (non-hydrogen) atoms. The van der Waals surface area contributed by atoms with Crippen LogP contribution in [-0.4, -0.2) is 22.2 Å². The Balaban J connectivity index is 1.68. The number of methoxy groups -OCH3 is 1. The van der Waals surface area contributed by atoms with E-state index in [1.54, 1.807) is 31.5 Å². The highest BCUT2D eigenvalue weighted by molar-refractivity contribution is 5.88. The first-order valence-electron chi connectivity index (χ1n) is 9.09. The van der Waals surface area contributed by atoms with Crippen LogP contribution in [0.1, 0.15) is 23.7 Å². The number of benzene rings is 2. The predicted molar refractivity (Wildman–Crippen MR) is 105 cm³/mol. The average molecular weight is 374 g/mol. The van der Waals surface area contributed by atoms with Crippen LogP contribution in [0.3, 0.4) is 0 Å². The lowest BCUT2D eigenvalue weighted by atomic mass is 10.0. The van der Waals surface area contributed by atoms with Crippen LogP contribution < -0.4 is 10.2 Å². The first-order valence-corrected chi connectivity index (χ1v) is 9.09. The molecule has 2 aromatic heterocycles. The molecule has 0 spiro atoms. The zero-order valence-electron chi connectivity index (χ0n) is 15.2. The summed E-state index contributed by atoms with van der Waals surface area (Å²) >= 11 is 0. The van der Waals surface area contributed by atoms with Gasteiger partial charge in [-0.2, -0.15) is 0 Å². The first kappa shape index (κ1) is 16.8. The quantitative estimate of drug-likeness (QED) is 0.569. The molecule has 1 atom stereocenters. The second-order valence-corrected chi connectivity index (χ2v) is 6.98. The number of ether oxygens (including phenoxy) is 1. The van der Waals surface area contributed by atoms with E-state index < -0.39 is 6.10 Å². The van der Waals surface area contributed by atoms with E-state index in [2.05, 4.69) is 9.97 Å². The number of nitrogens with one attached hydrogen (secondary N) is 1. The van der Waals surface area contributed by atoms with Crippen molar-refractivity contribution in [3.63, 3.8) is 0 Å². The Bertz CT molecular complexity index is 1240. The Morgan fingerprint density at radius 2 is 2.14 bits per heavy atom. The molecular formula is C22H18N2O4. The predicted octanol–water partition coefficient (Wildman–Crippen LogP) is 3.84. The Morgan fingerprint density at radius 1 is 1.25 bits per heavy atom. The van der Waals surface area contributed by atoms with Gasteiger partial charge in [0.25, 0.3) is 0 Å². The van der Waals surface area contributed by atoms with Crippen LogP contribution in [-0.2, 0) is 6.42 Å². The lowest BCUT2D eigenvalue weighted by Gasteiger charge is -2.11. The van der Waals surface area contributed by atoms with E-state index in [1.165, 1.54) is 6.39 Å². The smallest absolute Gasteiger partial charge is 0.190 e. The SMILES string of the molecule is COc1cc2[nH]c(-c3ccc4c(c3)C(O)CC4)cc(=O)c2cc1-c1cnco1. The van der Waals surface area contributed by atoms with Crippen molar-refractivity contribution >= 4 is 10.9 Å². The fourth-order valence-corrected chi connectivity index (χ4v) is 3.89. The largest absolute Gasteiger partial charge is 0.496 e. The number of H-pyrrole nitrogens is 1. The van der Waals surface area contributed by atoms with Crippen LogP contribution in [0.25, 0.3) is 33.5 Å². The molecule has 0 bridgehead atoms. The van der Waals surface area contributed by atoms with Gasteiger partial charge in [-0.05, 0) is 41.7 Å². The minimum Gasteiger partial charge on any atom is -0.496 e. The maximum Gasteiger partial charge on any atom is 0.190 e. The molecule has 6 heteroatoms. The lowest BCUT2D eigenvalue weighted by Crippen LogP contribution is -2.04. The number of aliphatic hydroxyl groups is 1.